The maximum Gasteiger partial charge on any atom is 0.313 e. The quantitative estimate of drug-likeness (QED) is 0.789. The van der Waals surface area contributed by atoms with Crippen LogP contribution >= 0.6 is 23.1 Å². The van der Waals surface area contributed by atoms with E-state index in [0.717, 1.165) is 12.5 Å². The van der Waals surface area contributed by atoms with Crippen molar-refractivity contribution in [1.29, 1.82) is 0 Å². The molecule has 0 bridgehead atoms. The Bertz CT molecular complexity index is 595. The van der Waals surface area contributed by atoms with E-state index in [1.54, 1.807) is 11.3 Å². The molecule has 21 heavy (non-hydrogen) atoms. The van der Waals surface area contributed by atoms with Gasteiger partial charge in [-0.1, -0.05) is 11.8 Å². The van der Waals surface area contributed by atoms with Crippen LogP contribution in [0, 0.1) is 0 Å². The predicted molar refractivity (Wildman–Crippen MR) is 85.2 cm³/mol. The van der Waals surface area contributed by atoms with E-state index in [1.165, 1.54) is 17.3 Å². The van der Waals surface area contributed by atoms with Gasteiger partial charge >= 0.3 is 5.97 Å². The van der Waals surface area contributed by atoms with Gasteiger partial charge in [0.25, 0.3) is 0 Å². The van der Waals surface area contributed by atoms with Gasteiger partial charge in [-0.25, -0.2) is 0 Å². The highest BCUT2D eigenvalue weighted by molar-refractivity contribution is 7.99. The van der Waals surface area contributed by atoms with Crippen LogP contribution in [0.4, 0.5) is 5.95 Å². The third-order valence-electron chi connectivity index (χ3n) is 2.83. The minimum absolute atomic E-state index is 0.0148. The zero-order valence-corrected chi connectivity index (χ0v) is 13.8. The molecule has 0 spiro atoms. The Labute approximate surface area is 131 Å². The highest BCUT2D eigenvalue weighted by Gasteiger charge is 2.19. The van der Waals surface area contributed by atoms with Crippen LogP contribution in [0.3, 0.4) is 0 Å². The molecule has 1 N–H and O–H groups in total. The Morgan fingerprint density at radius 3 is 2.86 bits per heavy atom. The average Bonchev–Trinajstić information content (AvgIpc) is 3.04. The number of thiophene rings is 1. The molecule has 0 radical (unpaired) electrons. The molecule has 6 nitrogen and oxygen atoms in total. The van der Waals surface area contributed by atoms with Crippen LogP contribution in [0.15, 0.2) is 22.0 Å². The van der Waals surface area contributed by atoms with Crippen LogP contribution in [-0.2, 0) is 11.3 Å². The van der Waals surface area contributed by atoms with Crippen LogP contribution in [0.5, 0.6) is 0 Å². The number of aliphatic carboxylic acids is 1. The number of carbonyl (C=O) groups is 1. The number of thioether (sulfide) groups is 1. The van der Waals surface area contributed by atoms with Crippen LogP contribution in [0.25, 0.3) is 0 Å². The molecular formula is C13H18N4O2S2. The molecule has 0 unspecified atom stereocenters. The number of nitrogens with zero attached hydrogens (tertiary/aromatic N) is 4. The van der Waals surface area contributed by atoms with E-state index in [1.807, 2.05) is 35.7 Å². The van der Waals surface area contributed by atoms with Gasteiger partial charge in [0.1, 0.15) is 0 Å². The second-order valence-electron chi connectivity index (χ2n) is 4.92. The standard InChI is InChI=1S/C13H18N4O2S2/c1-9(2)17-12(14-15-13(17)21-8-11(18)19)16(3)6-10-4-5-20-7-10/h4-5,7,9H,6,8H2,1-3H3,(H,18,19). The third-order valence-corrected chi connectivity index (χ3v) is 4.49. The van der Waals surface area contributed by atoms with Crippen molar-refractivity contribution in [3.8, 4) is 0 Å². The smallest absolute Gasteiger partial charge is 0.313 e. The molecule has 2 aromatic rings. The fourth-order valence-electron chi connectivity index (χ4n) is 1.93. The van der Waals surface area contributed by atoms with E-state index in [4.69, 9.17) is 5.11 Å². The second kappa shape index (κ2) is 6.95. The molecule has 8 heteroatoms. The number of hydrogen-bond acceptors (Lipinski definition) is 6. The van der Waals surface area contributed by atoms with Gasteiger partial charge in [-0.2, -0.15) is 11.3 Å². The van der Waals surface area contributed by atoms with Gasteiger partial charge in [0.05, 0.1) is 5.75 Å². The largest absolute Gasteiger partial charge is 0.481 e. The Kier molecular flexibility index (Phi) is 5.24. The molecular weight excluding hydrogens is 308 g/mol. The van der Waals surface area contributed by atoms with Gasteiger partial charge in [-0.3, -0.25) is 9.36 Å². The third kappa shape index (κ3) is 3.98. The number of rotatable bonds is 7. The molecule has 0 saturated heterocycles. The van der Waals surface area contributed by atoms with Gasteiger partial charge < -0.3 is 10.0 Å². The zero-order chi connectivity index (χ0) is 15.4. The summed E-state index contributed by atoms with van der Waals surface area (Å²) in [5.74, 6) is -0.116. The van der Waals surface area contributed by atoms with E-state index in [2.05, 4.69) is 21.6 Å². The Morgan fingerprint density at radius 2 is 2.29 bits per heavy atom. The summed E-state index contributed by atoms with van der Waals surface area (Å²) < 4.78 is 1.97. The van der Waals surface area contributed by atoms with Crippen molar-refractivity contribution in [3.63, 3.8) is 0 Å². The molecule has 2 aromatic heterocycles. The SMILES string of the molecule is CC(C)n1c(SCC(=O)O)nnc1N(C)Cc1ccsc1. The highest BCUT2D eigenvalue weighted by Crippen LogP contribution is 2.26. The summed E-state index contributed by atoms with van der Waals surface area (Å²) in [5.41, 5.74) is 1.22. The van der Waals surface area contributed by atoms with Gasteiger partial charge in [-0.15, -0.1) is 10.2 Å². The molecule has 0 aliphatic carbocycles. The number of aromatic nitrogens is 3. The predicted octanol–water partition coefficient (Wildman–Crippen LogP) is 2.73. The number of carboxylic acid groups (broad SMARTS) is 1. The summed E-state index contributed by atoms with van der Waals surface area (Å²) in [5, 5.41) is 21.9. The molecule has 0 atom stereocenters. The fourth-order valence-corrected chi connectivity index (χ4v) is 3.38. The van der Waals surface area contributed by atoms with Crippen molar-refractivity contribution in [2.45, 2.75) is 31.6 Å². The lowest BCUT2D eigenvalue weighted by Gasteiger charge is -2.21. The zero-order valence-electron chi connectivity index (χ0n) is 12.2. The van der Waals surface area contributed by atoms with Crippen molar-refractivity contribution in [2.24, 2.45) is 0 Å². The molecule has 0 saturated carbocycles. The first-order chi connectivity index (χ1) is 9.99. The first-order valence-corrected chi connectivity index (χ1v) is 8.43. The number of carboxylic acids is 1. The summed E-state index contributed by atoms with van der Waals surface area (Å²) in [7, 11) is 1.96. The van der Waals surface area contributed by atoms with Gasteiger partial charge in [-0.05, 0) is 36.2 Å². The molecule has 0 aliphatic rings. The summed E-state index contributed by atoms with van der Waals surface area (Å²) in [6.45, 7) is 4.82. The molecule has 2 heterocycles. The van der Waals surface area contributed by atoms with E-state index in [-0.39, 0.29) is 11.8 Å². The van der Waals surface area contributed by atoms with Crippen LogP contribution in [0.1, 0.15) is 25.5 Å². The average molecular weight is 326 g/mol. The summed E-state index contributed by atoms with van der Waals surface area (Å²) >= 11 is 2.86. The molecule has 2 rings (SSSR count). The lowest BCUT2D eigenvalue weighted by Crippen LogP contribution is -2.21. The first kappa shape index (κ1) is 15.8. The Hall–Kier alpha value is -1.54. The fraction of sp³-hybridized carbons (Fsp3) is 0.462. The van der Waals surface area contributed by atoms with E-state index in [9.17, 15) is 4.79 Å². The van der Waals surface area contributed by atoms with Crippen molar-refractivity contribution in [2.75, 3.05) is 17.7 Å². The van der Waals surface area contributed by atoms with Crippen LogP contribution < -0.4 is 4.90 Å². The minimum atomic E-state index is -0.855. The normalized spacial score (nSPS) is 11.0. The van der Waals surface area contributed by atoms with E-state index in [0.29, 0.717) is 5.16 Å². The summed E-state index contributed by atoms with van der Waals surface area (Å²) in [4.78, 5) is 12.7. The van der Waals surface area contributed by atoms with Crippen molar-refractivity contribution >= 4 is 35.0 Å². The van der Waals surface area contributed by atoms with Crippen molar-refractivity contribution < 1.29 is 9.90 Å². The van der Waals surface area contributed by atoms with Gasteiger partial charge in [0.15, 0.2) is 5.16 Å². The maximum atomic E-state index is 10.7. The van der Waals surface area contributed by atoms with Crippen molar-refractivity contribution in [3.05, 3.63) is 22.4 Å². The maximum absolute atomic E-state index is 10.7. The minimum Gasteiger partial charge on any atom is -0.481 e. The molecule has 0 aromatic carbocycles. The Balaban J connectivity index is 2.20. The first-order valence-electron chi connectivity index (χ1n) is 6.50. The second-order valence-corrected chi connectivity index (χ2v) is 6.64. The van der Waals surface area contributed by atoms with Crippen LogP contribution in [0.2, 0.25) is 0 Å². The summed E-state index contributed by atoms with van der Waals surface area (Å²) in [6, 6.07) is 2.24. The number of anilines is 1. The Morgan fingerprint density at radius 1 is 1.52 bits per heavy atom. The van der Waals surface area contributed by atoms with Gasteiger partial charge in [0.2, 0.25) is 5.95 Å². The highest BCUT2D eigenvalue weighted by atomic mass is 32.2. The van der Waals surface area contributed by atoms with Crippen LogP contribution in [-0.4, -0.2) is 38.6 Å². The topological polar surface area (TPSA) is 71.2 Å². The summed E-state index contributed by atoms with van der Waals surface area (Å²) in [6.07, 6.45) is 0. The number of hydrogen-bond donors (Lipinski definition) is 1. The lowest BCUT2D eigenvalue weighted by molar-refractivity contribution is -0.133. The van der Waals surface area contributed by atoms with Gasteiger partial charge in [0, 0.05) is 19.6 Å². The molecule has 0 aliphatic heterocycles. The molecule has 0 amide bonds. The molecule has 114 valence electrons. The van der Waals surface area contributed by atoms with E-state index >= 15 is 0 Å². The lowest BCUT2D eigenvalue weighted by atomic mass is 10.3. The molecule has 0 fully saturated rings. The van der Waals surface area contributed by atoms with Crippen molar-refractivity contribution in [1.82, 2.24) is 14.8 Å². The van der Waals surface area contributed by atoms with E-state index < -0.39 is 5.97 Å². The monoisotopic (exact) mass is 326 g/mol.